The largest absolute Gasteiger partial charge is 0.462 e. The second kappa shape index (κ2) is 10.5. The molecule has 1 heterocycles. The molecule has 3 aromatic rings. The Morgan fingerprint density at radius 3 is 2.27 bits per heavy atom. The third-order valence-corrected chi connectivity index (χ3v) is 7.39. The van der Waals surface area contributed by atoms with E-state index in [0.29, 0.717) is 21.0 Å². The van der Waals surface area contributed by atoms with Gasteiger partial charge in [-0.3, -0.25) is 0 Å². The number of hydrogen-bond acceptors (Lipinski definition) is 5. The van der Waals surface area contributed by atoms with Crippen molar-refractivity contribution in [1.29, 1.82) is 0 Å². The summed E-state index contributed by atoms with van der Waals surface area (Å²) in [4.78, 5) is 15.6. The lowest BCUT2D eigenvalue weighted by molar-refractivity contribution is 0.0533. The van der Waals surface area contributed by atoms with Crippen molar-refractivity contribution in [2.24, 2.45) is 4.40 Å². The molecule has 0 aliphatic carbocycles. The van der Waals surface area contributed by atoms with Gasteiger partial charge in [0.15, 0.2) is 0 Å². The number of esters is 1. The van der Waals surface area contributed by atoms with Crippen molar-refractivity contribution >= 4 is 53.1 Å². The molecule has 0 aliphatic rings. The lowest BCUT2D eigenvalue weighted by atomic mass is 9.88. The van der Waals surface area contributed by atoms with E-state index in [2.05, 4.69) is 4.40 Å². The van der Waals surface area contributed by atoms with Crippen molar-refractivity contribution in [2.45, 2.75) is 18.1 Å². The predicted octanol–water partition coefficient (Wildman–Crippen LogP) is 4.86. The molecule has 0 spiro atoms. The van der Waals surface area contributed by atoms with Crippen molar-refractivity contribution in [3.63, 3.8) is 0 Å². The lowest BCUT2D eigenvalue weighted by Gasteiger charge is -2.09. The van der Waals surface area contributed by atoms with E-state index in [1.807, 2.05) is 12.1 Å². The highest BCUT2D eigenvalue weighted by molar-refractivity contribution is 7.90. The van der Waals surface area contributed by atoms with Crippen molar-refractivity contribution in [3.05, 3.63) is 64.0 Å². The molecule has 3 rings (SSSR count). The van der Waals surface area contributed by atoms with E-state index in [0.717, 1.165) is 16.0 Å². The van der Waals surface area contributed by atoms with Crippen LogP contribution < -0.4 is 0 Å². The van der Waals surface area contributed by atoms with Crippen molar-refractivity contribution < 1.29 is 17.9 Å². The zero-order chi connectivity index (χ0) is 24.2. The van der Waals surface area contributed by atoms with Crippen LogP contribution in [0.4, 0.5) is 0 Å². The minimum atomic E-state index is -3.85. The fourth-order valence-electron chi connectivity index (χ4n) is 3.15. The number of nitrogens with zero attached hydrogens (tertiary/aromatic N) is 2. The molecular formula is C23H22BClN2O4S2. The van der Waals surface area contributed by atoms with Gasteiger partial charge in [-0.2, -0.15) is 8.42 Å². The van der Waals surface area contributed by atoms with Crippen molar-refractivity contribution in [3.8, 4) is 21.6 Å². The molecule has 6 nitrogen and oxygen atoms in total. The SMILES string of the molecule is [B]Cc1c(-c2ccc(Cl)cc2)sc(C(=O)OCC)c1-c1ccc(S(=O)(=O)N=CN(C)C)cc1. The second-order valence-electron chi connectivity index (χ2n) is 7.23. The van der Waals surface area contributed by atoms with Gasteiger partial charge in [-0.25, -0.2) is 4.79 Å². The van der Waals surface area contributed by atoms with Crippen LogP contribution in [0.15, 0.2) is 57.8 Å². The summed E-state index contributed by atoms with van der Waals surface area (Å²) in [5.41, 5.74) is 2.93. The number of ether oxygens (including phenoxy) is 1. The molecule has 10 heteroatoms. The molecule has 0 atom stereocenters. The predicted molar refractivity (Wildman–Crippen MR) is 135 cm³/mol. The van der Waals surface area contributed by atoms with Gasteiger partial charge >= 0.3 is 5.97 Å². The van der Waals surface area contributed by atoms with E-state index >= 15 is 0 Å². The molecule has 0 aliphatic heterocycles. The first-order chi connectivity index (χ1) is 15.7. The third-order valence-electron chi connectivity index (χ3n) is 4.64. The first kappa shape index (κ1) is 25.0. The van der Waals surface area contributed by atoms with Crippen LogP contribution in [0.1, 0.15) is 22.2 Å². The van der Waals surface area contributed by atoms with Gasteiger partial charge in [0, 0.05) is 29.6 Å². The van der Waals surface area contributed by atoms with E-state index < -0.39 is 16.0 Å². The van der Waals surface area contributed by atoms with Crippen LogP contribution in [0, 0.1) is 0 Å². The summed E-state index contributed by atoms with van der Waals surface area (Å²) in [5.74, 6) is -0.459. The van der Waals surface area contributed by atoms with E-state index in [9.17, 15) is 13.2 Å². The van der Waals surface area contributed by atoms with Crippen LogP contribution in [0.2, 0.25) is 5.02 Å². The molecule has 2 radical (unpaired) electrons. The van der Waals surface area contributed by atoms with Gasteiger partial charge in [0.1, 0.15) is 11.2 Å². The molecule has 0 amide bonds. The number of benzene rings is 2. The number of sulfonamides is 1. The molecule has 170 valence electrons. The number of hydrogen-bond donors (Lipinski definition) is 0. The highest BCUT2D eigenvalue weighted by atomic mass is 35.5. The van der Waals surface area contributed by atoms with Crippen LogP contribution in [0.25, 0.3) is 21.6 Å². The molecule has 2 aromatic carbocycles. The molecule has 0 saturated carbocycles. The van der Waals surface area contributed by atoms with E-state index in [1.165, 1.54) is 34.7 Å². The van der Waals surface area contributed by atoms with Crippen LogP contribution in [-0.2, 0) is 21.1 Å². The minimum absolute atomic E-state index is 0.0458. The number of carbonyl (C=O) groups excluding carboxylic acids is 1. The monoisotopic (exact) mass is 500 g/mol. The standard InChI is InChI=1S/C23H22BClN2O4S2/c1-4-31-23(28)22-20(19(13-24)21(32-22)16-5-9-17(25)10-6-16)15-7-11-18(12-8-15)33(29,30)26-14-27(2)3/h5-12,14H,4,13H2,1-3H3. The Kier molecular flexibility index (Phi) is 7.99. The average molecular weight is 501 g/mol. The summed E-state index contributed by atoms with van der Waals surface area (Å²) in [6.45, 7) is 1.97. The Hall–Kier alpha value is -2.62. The van der Waals surface area contributed by atoms with Crippen LogP contribution >= 0.6 is 22.9 Å². The minimum Gasteiger partial charge on any atom is -0.462 e. The normalized spacial score (nSPS) is 11.6. The molecule has 1 aromatic heterocycles. The Morgan fingerprint density at radius 2 is 1.73 bits per heavy atom. The van der Waals surface area contributed by atoms with Gasteiger partial charge < -0.3 is 9.64 Å². The van der Waals surface area contributed by atoms with Crippen molar-refractivity contribution in [2.75, 3.05) is 20.7 Å². The summed E-state index contributed by atoms with van der Waals surface area (Å²) < 4.78 is 33.8. The van der Waals surface area contributed by atoms with Gasteiger partial charge in [-0.15, -0.1) is 15.7 Å². The molecular weight excluding hydrogens is 479 g/mol. The van der Waals surface area contributed by atoms with Gasteiger partial charge in [-0.1, -0.05) is 42.2 Å². The maximum absolute atomic E-state index is 12.8. The number of carbonyl (C=O) groups is 1. The molecule has 0 bridgehead atoms. The Bertz CT molecular complexity index is 1270. The maximum Gasteiger partial charge on any atom is 0.348 e. The summed E-state index contributed by atoms with van der Waals surface area (Å²) >= 11 is 7.32. The van der Waals surface area contributed by atoms with E-state index in [-0.39, 0.29) is 17.8 Å². The summed E-state index contributed by atoms with van der Waals surface area (Å²) in [6, 6.07) is 13.5. The summed E-state index contributed by atoms with van der Waals surface area (Å²) in [7, 11) is 5.64. The van der Waals surface area contributed by atoms with Gasteiger partial charge in [0.2, 0.25) is 0 Å². The maximum atomic E-state index is 12.8. The molecule has 33 heavy (non-hydrogen) atoms. The first-order valence-electron chi connectivity index (χ1n) is 10.0. The zero-order valence-corrected chi connectivity index (χ0v) is 20.8. The molecule has 0 unspecified atom stereocenters. The average Bonchev–Trinajstić information content (AvgIpc) is 3.18. The van der Waals surface area contributed by atoms with Crippen LogP contribution in [-0.4, -0.2) is 54.2 Å². The quantitative estimate of drug-likeness (QED) is 0.191. The van der Waals surface area contributed by atoms with E-state index in [4.69, 9.17) is 24.2 Å². The van der Waals surface area contributed by atoms with Gasteiger partial charge in [0.25, 0.3) is 10.0 Å². The highest BCUT2D eigenvalue weighted by Gasteiger charge is 2.25. The Labute approximate surface area is 204 Å². The highest BCUT2D eigenvalue weighted by Crippen LogP contribution is 2.43. The zero-order valence-electron chi connectivity index (χ0n) is 18.4. The smallest absolute Gasteiger partial charge is 0.348 e. The summed E-state index contributed by atoms with van der Waals surface area (Å²) in [5, 5.41) is 0.601. The first-order valence-corrected chi connectivity index (χ1v) is 12.7. The molecule has 0 saturated heterocycles. The Morgan fingerprint density at radius 1 is 1.12 bits per heavy atom. The van der Waals surface area contributed by atoms with Gasteiger partial charge in [-0.05, 0) is 47.9 Å². The second-order valence-corrected chi connectivity index (χ2v) is 10.3. The van der Waals surface area contributed by atoms with Crippen molar-refractivity contribution in [1.82, 2.24) is 4.90 Å². The fraction of sp³-hybridized carbons (Fsp3) is 0.217. The van der Waals surface area contributed by atoms with E-state index in [1.54, 1.807) is 45.3 Å². The van der Waals surface area contributed by atoms with Crippen LogP contribution in [0.5, 0.6) is 0 Å². The number of halogens is 1. The fourth-order valence-corrected chi connectivity index (χ4v) is 5.44. The summed E-state index contributed by atoms with van der Waals surface area (Å²) in [6.07, 6.45) is 1.41. The number of rotatable bonds is 8. The lowest BCUT2D eigenvalue weighted by Crippen LogP contribution is -2.10. The van der Waals surface area contributed by atoms with Crippen LogP contribution in [0.3, 0.4) is 0 Å². The van der Waals surface area contributed by atoms with Gasteiger partial charge in [0.05, 0.1) is 19.3 Å². The molecule has 0 fully saturated rings. The Balaban J connectivity index is 2.14. The molecule has 0 N–H and O–H groups in total. The topological polar surface area (TPSA) is 76.0 Å². The number of thiophene rings is 1. The third kappa shape index (κ3) is 5.66.